The number of nitrogens with one attached hydrogen (secondary N) is 1. The van der Waals surface area contributed by atoms with Gasteiger partial charge in [0.1, 0.15) is 18.5 Å². The van der Waals surface area contributed by atoms with Crippen molar-refractivity contribution in [3.63, 3.8) is 0 Å². The highest BCUT2D eigenvalue weighted by atomic mass is 19.1. The van der Waals surface area contributed by atoms with Gasteiger partial charge in [-0.2, -0.15) is 0 Å². The predicted octanol–water partition coefficient (Wildman–Crippen LogP) is 3.13. The molecule has 0 aliphatic heterocycles. The van der Waals surface area contributed by atoms with E-state index in [4.69, 9.17) is 4.74 Å². The zero-order valence-corrected chi connectivity index (χ0v) is 11.6. The van der Waals surface area contributed by atoms with Gasteiger partial charge in [-0.25, -0.2) is 8.78 Å². The molecule has 5 heteroatoms. The Kier molecular flexibility index (Phi) is 5.11. The molecular formula is C16H17F2NO2. The van der Waals surface area contributed by atoms with Crippen molar-refractivity contribution in [3.8, 4) is 5.75 Å². The second kappa shape index (κ2) is 7.04. The van der Waals surface area contributed by atoms with E-state index >= 15 is 0 Å². The van der Waals surface area contributed by atoms with Crippen LogP contribution in [0.15, 0.2) is 42.5 Å². The molecule has 0 fully saturated rings. The first-order chi connectivity index (χ1) is 10.0. The van der Waals surface area contributed by atoms with E-state index in [2.05, 4.69) is 5.32 Å². The molecule has 21 heavy (non-hydrogen) atoms. The second-order valence-corrected chi connectivity index (χ2v) is 4.79. The van der Waals surface area contributed by atoms with E-state index in [1.807, 2.05) is 0 Å². The lowest BCUT2D eigenvalue weighted by molar-refractivity contribution is 0.115. The molecule has 3 nitrogen and oxygen atoms in total. The van der Waals surface area contributed by atoms with Gasteiger partial charge in [0.05, 0.1) is 0 Å². The molecule has 112 valence electrons. The number of ether oxygens (including phenoxy) is 1. The van der Waals surface area contributed by atoms with Crippen molar-refractivity contribution in [1.29, 1.82) is 0 Å². The number of aliphatic hydroxyl groups excluding tert-OH is 1. The van der Waals surface area contributed by atoms with Crippen molar-refractivity contribution in [1.82, 2.24) is 0 Å². The molecule has 0 bridgehead atoms. The molecule has 0 saturated carbocycles. The lowest BCUT2D eigenvalue weighted by Gasteiger charge is -2.14. The Balaban J connectivity index is 1.82. The van der Waals surface area contributed by atoms with E-state index in [-0.39, 0.29) is 24.7 Å². The number of anilines is 1. The summed E-state index contributed by atoms with van der Waals surface area (Å²) in [5, 5.41) is 12.7. The smallest absolute Gasteiger partial charge is 0.165 e. The number of aryl methyl sites for hydroxylation is 1. The van der Waals surface area contributed by atoms with Crippen LogP contribution in [0.3, 0.4) is 0 Å². The molecule has 0 aliphatic carbocycles. The molecule has 1 atom stereocenters. The maximum Gasteiger partial charge on any atom is 0.165 e. The first kappa shape index (κ1) is 15.3. The summed E-state index contributed by atoms with van der Waals surface area (Å²) in [6, 6.07) is 10.5. The molecule has 2 rings (SSSR count). The highest BCUT2D eigenvalue weighted by Gasteiger charge is 2.08. The summed E-state index contributed by atoms with van der Waals surface area (Å²) in [5.41, 5.74) is 1.37. The van der Waals surface area contributed by atoms with Gasteiger partial charge in [-0.3, -0.25) is 0 Å². The van der Waals surface area contributed by atoms with Crippen LogP contribution in [-0.2, 0) is 0 Å². The minimum absolute atomic E-state index is 0.0533. The molecule has 0 radical (unpaired) electrons. The number of rotatable bonds is 6. The van der Waals surface area contributed by atoms with Crippen LogP contribution < -0.4 is 10.1 Å². The van der Waals surface area contributed by atoms with Crippen molar-refractivity contribution >= 4 is 5.69 Å². The van der Waals surface area contributed by atoms with Gasteiger partial charge in [0.15, 0.2) is 11.6 Å². The van der Waals surface area contributed by atoms with Crippen LogP contribution in [-0.4, -0.2) is 24.4 Å². The van der Waals surface area contributed by atoms with E-state index in [0.29, 0.717) is 5.69 Å². The largest absolute Gasteiger partial charge is 0.488 e. The van der Waals surface area contributed by atoms with Crippen LogP contribution in [0.25, 0.3) is 0 Å². The van der Waals surface area contributed by atoms with Crippen LogP contribution in [0.1, 0.15) is 5.56 Å². The van der Waals surface area contributed by atoms with Gasteiger partial charge in [-0.05, 0) is 42.8 Å². The Morgan fingerprint density at radius 3 is 2.67 bits per heavy atom. The number of benzene rings is 2. The molecule has 2 aromatic carbocycles. The number of para-hydroxylation sites is 1. The normalized spacial score (nSPS) is 12.0. The third kappa shape index (κ3) is 4.72. The summed E-state index contributed by atoms with van der Waals surface area (Å²) < 4.78 is 31.7. The van der Waals surface area contributed by atoms with Gasteiger partial charge in [-0.1, -0.05) is 12.1 Å². The summed E-state index contributed by atoms with van der Waals surface area (Å²) >= 11 is 0. The van der Waals surface area contributed by atoms with Crippen molar-refractivity contribution in [3.05, 3.63) is 59.7 Å². The minimum Gasteiger partial charge on any atom is -0.488 e. The number of hydrogen-bond acceptors (Lipinski definition) is 3. The molecule has 0 aliphatic rings. The van der Waals surface area contributed by atoms with Gasteiger partial charge >= 0.3 is 0 Å². The van der Waals surface area contributed by atoms with Gasteiger partial charge in [0.2, 0.25) is 0 Å². The average molecular weight is 293 g/mol. The van der Waals surface area contributed by atoms with Gasteiger partial charge < -0.3 is 15.2 Å². The van der Waals surface area contributed by atoms with Gasteiger partial charge in [-0.15, -0.1) is 0 Å². The van der Waals surface area contributed by atoms with Crippen LogP contribution in [0.2, 0.25) is 0 Å². The van der Waals surface area contributed by atoms with Crippen LogP contribution in [0.5, 0.6) is 5.75 Å². The van der Waals surface area contributed by atoms with E-state index in [0.717, 1.165) is 5.56 Å². The summed E-state index contributed by atoms with van der Waals surface area (Å²) in [7, 11) is 0. The standard InChI is InChI=1S/C16H17F2NO2/c1-11-6-12(17)8-13(7-11)19-9-14(20)10-21-16-5-3-2-4-15(16)18/h2-8,14,19-20H,9-10H2,1H3. The maximum atomic E-state index is 13.3. The zero-order chi connectivity index (χ0) is 15.2. The highest BCUT2D eigenvalue weighted by molar-refractivity contribution is 5.46. The SMILES string of the molecule is Cc1cc(F)cc(NCC(O)COc2ccccc2F)c1. The lowest BCUT2D eigenvalue weighted by Crippen LogP contribution is -2.26. The number of aliphatic hydroxyl groups is 1. The van der Waals surface area contributed by atoms with Gasteiger partial charge in [0, 0.05) is 12.2 Å². The van der Waals surface area contributed by atoms with E-state index < -0.39 is 11.9 Å². The Morgan fingerprint density at radius 2 is 1.95 bits per heavy atom. The van der Waals surface area contributed by atoms with Crippen LogP contribution in [0, 0.1) is 18.6 Å². The Hall–Kier alpha value is -2.14. The second-order valence-electron chi connectivity index (χ2n) is 4.79. The third-order valence-corrected chi connectivity index (χ3v) is 2.85. The number of halogens is 2. The first-order valence-corrected chi connectivity index (χ1v) is 6.61. The molecular weight excluding hydrogens is 276 g/mol. The first-order valence-electron chi connectivity index (χ1n) is 6.61. The average Bonchev–Trinajstić information content (AvgIpc) is 2.43. The summed E-state index contributed by atoms with van der Waals surface area (Å²) in [6.07, 6.45) is -0.840. The van der Waals surface area contributed by atoms with Crippen molar-refractivity contribution in [2.75, 3.05) is 18.5 Å². The van der Waals surface area contributed by atoms with E-state index in [9.17, 15) is 13.9 Å². The summed E-state index contributed by atoms with van der Waals surface area (Å²) in [5.74, 6) is -0.717. The topological polar surface area (TPSA) is 41.5 Å². The number of hydrogen-bond donors (Lipinski definition) is 2. The molecule has 2 aromatic rings. The Bertz CT molecular complexity index is 584. The predicted molar refractivity (Wildman–Crippen MR) is 77.5 cm³/mol. The molecule has 0 spiro atoms. The van der Waals surface area contributed by atoms with Crippen molar-refractivity contribution < 1.29 is 18.6 Å². The van der Waals surface area contributed by atoms with Gasteiger partial charge in [0.25, 0.3) is 0 Å². The zero-order valence-electron chi connectivity index (χ0n) is 11.6. The van der Waals surface area contributed by atoms with Crippen molar-refractivity contribution in [2.45, 2.75) is 13.0 Å². The van der Waals surface area contributed by atoms with Crippen LogP contribution in [0.4, 0.5) is 14.5 Å². The Morgan fingerprint density at radius 1 is 1.19 bits per heavy atom. The Labute approximate surface area is 122 Å². The fourth-order valence-corrected chi connectivity index (χ4v) is 1.88. The monoisotopic (exact) mass is 293 g/mol. The molecule has 0 amide bonds. The lowest BCUT2D eigenvalue weighted by atomic mass is 10.2. The molecule has 1 unspecified atom stereocenters. The minimum atomic E-state index is -0.840. The molecule has 0 heterocycles. The fourth-order valence-electron chi connectivity index (χ4n) is 1.88. The summed E-state index contributed by atoms with van der Waals surface area (Å²) in [4.78, 5) is 0. The maximum absolute atomic E-state index is 13.3. The quantitative estimate of drug-likeness (QED) is 0.860. The van der Waals surface area contributed by atoms with E-state index in [1.165, 1.54) is 24.3 Å². The highest BCUT2D eigenvalue weighted by Crippen LogP contribution is 2.16. The van der Waals surface area contributed by atoms with Crippen LogP contribution >= 0.6 is 0 Å². The third-order valence-electron chi connectivity index (χ3n) is 2.85. The van der Waals surface area contributed by atoms with E-state index in [1.54, 1.807) is 25.1 Å². The molecule has 2 N–H and O–H groups in total. The molecule has 0 aromatic heterocycles. The summed E-state index contributed by atoms with van der Waals surface area (Å²) in [6.45, 7) is 1.91. The molecule has 0 saturated heterocycles. The fraction of sp³-hybridized carbons (Fsp3) is 0.250. The van der Waals surface area contributed by atoms with Crippen molar-refractivity contribution in [2.24, 2.45) is 0 Å².